The van der Waals surface area contributed by atoms with Crippen LogP contribution >= 0.6 is 0 Å². The Bertz CT molecular complexity index is 131. The first-order valence-electron chi connectivity index (χ1n) is 1.48. The molecule has 0 saturated heterocycles. The Morgan fingerprint density at radius 1 is 1.25 bits per heavy atom. The summed E-state index contributed by atoms with van der Waals surface area (Å²) in [4.78, 5) is 28.8. The van der Waals surface area contributed by atoms with Gasteiger partial charge in [-0.25, -0.2) is 10.1 Å². The fourth-order valence-corrected chi connectivity index (χ4v) is 0.0272. The summed E-state index contributed by atoms with van der Waals surface area (Å²) in [5.74, 6) is 0. The van der Waals surface area contributed by atoms with E-state index in [0.717, 1.165) is 0 Å². The fraction of sp³-hybridized carbons (Fsp3) is 0. The molecular formula is HN3O7Ru2. The van der Waals surface area contributed by atoms with Crippen molar-refractivity contribution < 1.29 is 59.3 Å². The van der Waals surface area contributed by atoms with E-state index in [9.17, 15) is 0 Å². The van der Waals surface area contributed by atoms with Crippen molar-refractivity contribution in [2.24, 2.45) is 5.34 Å². The molecule has 0 aromatic carbocycles. The molecule has 0 aliphatic carbocycles. The van der Waals surface area contributed by atoms with Crippen LogP contribution in [0.3, 0.4) is 0 Å². The standard InChI is InChI=1S/N2O4.HNO3.2Ru/c3-1-6-2(4)5;2-1(3)4;;/h;(H,2,3,4);;. The van der Waals surface area contributed by atoms with E-state index in [1.54, 1.807) is 0 Å². The van der Waals surface area contributed by atoms with Crippen molar-refractivity contribution in [3.63, 3.8) is 0 Å². The first-order chi connectivity index (χ1) is 4.50. The molecule has 0 amide bonds. The molecular weight excluding hydrogens is 356 g/mol. The van der Waals surface area contributed by atoms with Gasteiger partial charge in [-0.05, 0) is 0 Å². The van der Waals surface area contributed by atoms with Crippen LogP contribution in [0.4, 0.5) is 0 Å². The molecule has 0 aromatic rings. The second kappa shape index (κ2) is 16.7. The van der Waals surface area contributed by atoms with E-state index in [-0.39, 0.29) is 39.0 Å². The Labute approximate surface area is 89.9 Å². The van der Waals surface area contributed by atoms with Crippen LogP contribution in [0, 0.1) is 25.1 Å². The van der Waals surface area contributed by atoms with E-state index in [1.165, 1.54) is 5.34 Å². The molecule has 0 rings (SSSR count). The van der Waals surface area contributed by atoms with E-state index in [0.29, 0.717) is 0 Å². The predicted molar refractivity (Wildman–Crippen MR) is 22.7 cm³/mol. The van der Waals surface area contributed by atoms with Gasteiger partial charge in [-0.1, -0.05) is 0 Å². The van der Waals surface area contributed by atoms with Gasteiger partial charge in [0.25, 0.3) is 5.09 Å². The maximum Gasteiger partial charge on any atom is 0.354 e. The molecule has 0 fully saturated rings. The molecule has 0 radical (unpaired) electrons. The van der Waals surface area contributed by atoms with Crippen LogP contribution in [-0.2, 0) is 43.9 Å². The van der Waals surface area contributed by atoms with Crippen LogP contribution in [-0.4, -0.2) is 15.4 Å². The average molecular weight is 357 g/mol. The Balaban J connectivity index is -0.0000000483. The van der Waals surface area contributed by atoms with Crippen molar-refractivity contribution in [3.05, 3.63) is 25.1 Å². The van der Waals surface area contributed by atoms with Crippen LogP contribution in [0.25, 0.3) is 0 Å². The van der Waals surface area contributed by atoms with Crippen molar-refractivity contribution in [2.75, 3.05) is 0 Å². The topological polar surface area (TPSA) is 145 Å². The second-order valence-electron chi connectivity index (χ2n) is 0.618. The Hall–Kier alpha value is -0.753. The summed E-state index contributed by atoms with van der Waals surface area (Å²) in [5, 5.41) is 22.7. The number of hydrogen-bond donors (Lipinski definition) is 1. The Morgan fingerprint density at radius 2 is 1.50 bits per heavy atom. The molecule has 12 heavy (non-hydrogen) atoms. The minimum atomic E-state index is -1.50. The quantitative estimate of drug-likeness (QED) is 0.304. The largest absolute Gasteiger partial charge is 0.354 e. The third kappa shape index (κ3) is 125. The SMILES string of the molecule is O=NO[N+](=O)[O-].O=[N+]([O-])O.[Ru].[Ru]. The van der Waals surface area contributed by atoms with E-state index in [4.69, 9.17) is 30.3 Å². The van der Waals surface area contributed by atoms with Gasteiger partial charge in [0.05, 0.1) is 0 Å². The zero-order valence-corrected chi connectivity index (χ0v) is 8.42. The first kappa shape index (κ1) is 22.5. The summed E-state index contributed by atoms with van der Waals surface area (Å²) in [6.07, 6.45) is 0. The van der Waals surface area contributed by atoms with Gasteiger partial charge in [-0.2, -0.15) is 0 Å². The Kier molecular flexibility index (Phi) is 31.3. The predicted octanol–water partition coefficient (Wildman–Crippen LogP) is -0.477. The smallest absolute Gasteiger partial charge is 0.328 e. The van der Waals surface area contributed by atoms with E-state index in [2.05, 4.69) is 4.94 Å². The van der Waals surface area contributed by atoms with Crippen molar-refractivity contribution in [3.8, 4) is 0 Å². The van der Waals surface area contributed by atoms with Crippen LogP contribution < -0.4 is 0 Å². The van der Waals surface area contributed by atoms with Crippen molar-refractivity contribution in [1.29, 1.82) is 0 Å². The summed E-state index contributed by atoms with van der Waals surface area (Å²) < 4.78 is 0. The summed E-state index contributed by atoms with van der Waals surface area (Å²) >= 11 is 0. The number of nitrogens with zero attached hydrogens (tertiary/aromatic N) is 3. The molecule has 0 heterocycles. The van der Waals surface area contributed by atoms with Gasteiger partial charge in [0.15, 0.2) is 5.09 Å². The molecule has 1 N–H and O–H groups in total. The molecule has 0 saturated carbocycles. The van der Waals surface area contributed by atoms with Gasteiger partial charge >= 0.3 is 5.34 Å². The van der Waals surface area contributed by atoms with Crippen molar-refractivity contribution in [2.45, 2.75) is 0 Å². The molecule has 0 aliphatic rings. The van der Waals surface area contributed by atoms with Gasteiger partial charge in [0.1, 0.15) is 0 Å². The zero-order chi connectivity index (χ0) is 8.57. The van der Waals surface area contributed by atoms with Gasteiger partial charge in [0.2, 0.25) is 0 Å². The van der Waals surface area contributed by atoms with Gasteiger partial charge in [-0.3, -0.25) is 0 Å². The Morgan fingerprint density at radius 3 is 1.50 bits per heavy atom. The minimum Gasteiger partial charge on any atom is -0.328 e. The molecule has 74 valence electrons. The molecule has 12 heteroatoms. The van der Waals surface area contributed by atoms with E-state index < -0.39 is 10.2 Å². The van der Waals surface area contributed by atoms with E-state index in [1.807, 2.05) is 0 Å². The summed E-state index contributed by atoms with van der Waals surface area (Å²) in [7, 11) is 0. The average Bonchev–Trinajstić information content (AvgIpc) is 1.62. The molecule has 0 spiro atoms. The van der Waals surface area contributed by atoms with Gasteiger partial charge < -0.3 is 5.21 Å². The van der Waals surface area contributed by atoms with Crippen molar-refractivity contribution >= 4 is 0 Å². The second-order valence-corrected chi connectivity index (χ2v) is 0.618. The van der Waals surface area contributed by atoms with Gasteiger partial charge in [0, 0.05) is 43.9 Å². The monoisotopic (exact) mass is 359 g/mol. The van der Waals surface area contributed by atoms with Crippen molar-refractivity contribution in [1.82, 2.24) is 0 Å². The maximum atomic E-state index is 8.89. The molecule has 0 atom stereocenters. The number of hydrogen-bond acceptors (Lipinski definition) is 7. The van der Waals surface area contributed by atoms with Crippen LogP contribution in [0.2, 0.25) is 0 Å². The van der Waals surface area contributed by atoms with Crippen LogP contribution in [0.1, 0.15) is 0 Å². The normalized spacial score (nSPS) is 5.33. The number of rotatable bonds is 2. The maximum absolute atomic E-state index is 8.89. The van der Waals surface area contributed by atoms with Gasteiger partial charge in [-0.15, -0.1) is 15.1 Å². The third-order valence-corrected chi connectivity index (χ3v) is 0.100. The zero-order valence-electron chi connectivity index (χ0n) is 4.95. The van der Waals surface area contributed by atoms with Crippen LogP contribution in [0.5, 0.6) is 0 Å². The van der Waals surface area contributed by atoms with E-state index >= 15 is 0 Å². The minimum absolute atomic E-state index is 0. The summed E-state index contributed by atoms with van der Waals surface area (Å²) in [6.45, 7) is 0. The molecule has 0 unspecified atom stereocenters. The van der Waals surface area contributed by atoms with Crippen LogP contribution in [0.15, 0.2) is 5.34 Å². The molecule has 0 aliphatic heterocycles. The third-order valence-electron chi connectivity index (χ3n) is 0.100. The molecule has 10 nitrogen and oxygen atoms in total. The fourth-order valence-electron chi connectivity index (χ4n) is 0.0272. The first-order valence-corrected chi connectivity index (χ1v) is 1.48. The summed E-state index contributed by atoms with van der Waals surface area (Å²) in [6, 6.07) is 0. The molecule has 0 bridgehead atoms. The summed E-state index contributed by atoms with van der Waals surface area (Å²) in [5.41, 5.74) is 0. The molecule has 0 aromatic heterocycles.